The first-order chi connectivity index (χ1) is 6.85. The highest BCUT2D eigenvalue weighted by molar-refractivity contribution is 5.20. The molecule has 0 aliphatic carbocycles. The number of ether oxygens (including phenoxy) is 2. The third-order valence-electron chi connectivity index (χ3n) is 2.49. The molecule has 1 atom stereocenters. The molecule has 1 heterocycles. The molecule has 1 fully saturated rings. The van der Waals surface area contributed by atoms with Crippen LogP contribution in [0.15, 0.2) is 43.0 Å². The molecule has 0 N–H and O–H groups in total. The van der Waals surface area contributed by atoms with Crippen LogP contribution in [0.1, 0.15) is 5.56 Å². The van der Waals surface area contributed by atoms with Crippen LogP contribution in [0.3, 0.4) is 0 Å². The van der Waals surface area contributed by atoms with Gasteiger partial charge < -0.3 is 9.47 Å². The first kappa shape index (κ1) is 9.44. The van der Waals surface area contributed by atoms with Crippen LogP contribution in [0.4, 0.5) is 0 Å². The number of benzene rings is 1. The third-order valence-corrected chi connectivity index (χ3v) is 2.49. The minimum Gasteiger partial charge on any atom is -0.352 e. The molecule has 0 spiro atoms. The van der Waals surface area contributed by atoms with Crippen molar-refractivity contribution in [2.24, 2.45) is 0 Å². The quantitative estimate of drug-likeness (QED) is 0.680. The minimum absolute atomic E-state index is 0.318. The standard InChI is InChI=1S/C12H14O2/c1-2-12(9-13-10-14-12)8-11-6-4-3-5-7-11/h2-7H,1,8-10H2/t12-/m1/s1. The number of hydrogen-bond donors (Lipinski definition) is 0. The molecule has 1 saturated heterocycles. The van der Waals surface area contributed by atoms with E-state index in [0.717, 1.165) is 6.42 Å². The predicted molar refractivity (Wildman–Crippen MR) is 55.0 cm³/mol. The van der Waals surface area contributed by atoms with E-state index in [4.69, 9.17) is 9.47 Å². The summed E-state index contributed by atoms with van der Waals surface area (Å²) < 4.78 is 10.8. The fraction of sp³-hybridized carbons (Fsp3) is 0.333. The lowest BCUT2D eigenvalue weighted by Gasteiger charge is -2.21. The normalized spacial score (nSPS) is 26.3. The van der Waals surface area contributed by atoms with Crippen molar-refractivity contribution in [2.45, 2.75) is 12.0 Å². The molecular formula is C12H14O2. The summed E-state index contributed by atoms with van der Waals surface area (Å²) >= 11 is 0. The summed E-state index contributed by atoms with van der Waals surface area (Å²) in [4.78, 5) is 0. The van der Waals surface area contributed by atoms with E-state index in [1.165, 1.54) is 5.56 Å². The highest BCUT2D eigenvalue weighted by atomic mass is 16.7. The van der Waals surface area contributed by atoms with E-state index in [1.54, 1.807) is 0 Å². The Morgan fingerprint density at radius 2 is 2.14 bits per heavy atom. The van der Waals surface area contributed by atoms with E-state index in [2.05, 4.69) is 18.7 Å². The van der Waals surface area contributed by atoms with Crippen molar-refractivity contribution in [3.8, 4) is 0 Å². The van der Waals surface area contributed by atoms with Crippen LogP contribution in [0.5, 0.6) is 0 Å². The van der Waals surface area contributed by atoms with Crippen molar-refractivity contribution in [1.29, 1.82) is 0 Å². The lowest BCUT2D eigenvalue weighted by molar-refractivity contribution is 0.0176. The second kappa shape index (κ2) is 3.95. The Kier molecular flexibility index (Phi) is 2.66. The van der Waals surface area contributed by atoms with Crippen molar-refractivity contribution >= 4 is 0 Å². The van der Waals surface area contributed by atoms with Crippen LogP contribution in [0, 0.1) is 0 Å². The van der Waals surface area contributed by atoms with Gasteiger partial charge in [0.05, 0.1) is 6.61 Å². The molecule has 0 amide bonds. The summed E-state index contributed by atoms with van der Waals surface area (Å²) in [6, 6.07) is 10.2. The van der Waals surface area contributed by atoms with Gasteiger partial charge in [-0.1, -0.05) is 36.4 Å². The van der Waals surface area contributed by atoms with E-state index < -0.39 is 0 Å². The molecule has 74 valence electrons. The Hall–Kier alpha value is -1.12. The average Bonchev–Trinajstić information content (AvgIpc) is 2.69. The van der Waals surface area contributed by atoms with Crippen LogP contribution in [0.25, 0.3) is 0 Å². The van der Waals surface area contributed by atoms with E-state index in [9.17, 15) is 0 Å². The van der Waals surface area contributed by atoms with Gasteiger partial charge in [0.1, 0.15) is 12.4 Å². The zero-order valence-electron chi connectivity index (χ0n) is 8.11. The molecule has 0 unspecified atom stereocenters. The molecule has 1 aromatic rings. The van der Waals surface area contributed by atoms with Crippen molar-refractivity contribution in [3.05, 3.63) is 48.6 Å². The van der Waals surface area contributed by atoms with Crippen LogP contribution in [-0.4, -0.2) is 19.0 Å². The molecule has 0 aromatic heterocycles. The SMILES string of the molecule is C=C[C@@]1(Cc2ccccc2)COCO1. The zero-order valence-corrected chi connectivity index (χ0v) is 8.11. The van der Waals surface area contributed by atoms with Crippen LogP contribution in [0.2, 0.25) is 0 Å². The smallest absolute Gasteiger partial charge is 0.148 e. The van der Waals surface area contributed by atoms with Crippen molar-refractivity contribution < 1.29 is 9.47 Å². The second-order valence-electron chi connectivity index (χ2n) is 3.54. The molecule has 1 aromatic carbocycles. The molecule has 2 nitrogen and oxygen atoms in total. The Morgan fingerprint density at radius 1 is 1.36 bits per heavy atom. The molecule has 2 rings (SSSR count). The summed E-state index contributed by atoms with van der Waals surface area (Å²) in [5.41, 5.74) is 0.930. The Bertz CT molecular complexity index is 299. The highest BCUT2D eigenvalue weighted by Gasteiger charge is 2.32. The summed E-state index contributed by atoms with van der Waals surface area (Å²) in [5, 5.41) is 0. The monoisotopic (exact) mass is 190 g/mol. The van der Waals surface area contributed by atoms with Crippen molar-refractivity contribution in [1.82, 2.24) is 0 Å². The van der Waals surface area contributed by atoms with Crippen LogP contribution in [-0.2, 0) is 15.9 Å². The van der Waals surface area contributed by atoms with Gasteiger partial charge in [-0.25, -0.2) is 0 Å². The summed E-state index contributed by atoms with van der Waals surface area (Å²) in [5.74, 6) is 0. The van der Waals surface area contributed by atoms with Gasteiger partial charge in [-0.05, 0) is 5.56 Å². The molecule has 0 radical (unpaired) electrons. The minimum atomic E-state index is -0.318. The van der Waals surface area contributed by atoms with Crippen LogP contribution >= 0.6 is 0 Å². The van der Waals surface area contributed by atoms with Gasteiger partial charge in [-0.2, -0.15) is 0 Å². The van der Waals surface area contributed by atoms with Gasteiger partial charge in [0.15, 0.2) is 0 Å². The van der Waals surface area contributed by atoms with Crippen molar-refractivity contribution in [2.75, 3.05) is 13.4 Å². The molecule has 2 heteroatoms. The maximum atomic E-state index is 5.55. The molecule has 14 heavy (non-hydrogen) atoms. The fourth-order valence-corrected chi connectivity index (χ4v) is 1.65. The summed E-state index contributed by atoms with van der Waals surface area (Å²) in [6.07, 6.45) is 2.67. The van der Waals surface area contributed by atoms with Gasteiger partial charge in [-0.3, -0.25) is 0 Å². The summed E-state index contributed by atoms with van der Waals surface area (Å²) in [6.45, 7) is 4.78. The lowest BCUT2D eigenvalue weighted by atomic mass is 9.95. The zero-order chi connectivity index (χ0) is 9.86. The van der Waals surface area contributed by atoms with Gasteiger partial charge in [0.2, 0.25) is 0 Å². The Morgan fingerprint density at radius 3 is 2.71 bits per heavy atom. The second-order valence-corrected chi connectivity index (χ2v) is 3.54. The maximum Gasteiger partial charge on any atom is 0.148 e. The average molecular weight is 190 g/mol. The van der Waals surface area contributed by atoms with Crippen molar-refractivity contribution in [3.63, 3.8) is 0 Å². The van der Waals surface area contributed by atoms with E-state index in [0.29, 0.717) is 13.4 Å². The largest absolute Gasteiger partial charge is 0.352 e. The molecule has 0 bridgehead atoms. The first-order valence-electron chi connectivity index (χ1n) is 4.74. The van der Waals surface area contributed by atoms with E-state index >= 15 is 0 Å². The molecule has 1 aliphatic heterocycles. The predicted octanol–water partition coefficient (Wildman–Crippen LogP) is 2.16. The van der Waals surface area contributed by atoms with E-state index in [-0.39, 0.29) is 5.60 Å². The molecule has 1 aliphatic rings. The van der Waals surface area contributed by atoms with Crippen LogP contribution < -0.4 is 0 Å². The molecular weight excluding hydrogens is 176 g/mol. The fourth-order valence-electron chi connectivity index (χ4n) is 1.65. The van der Waals surface area contributed by atoms with Gasteiger partial charge in [0, 0.05) is 6.42 Å². The van der Waals surface area contributed by atoms with E-state index in [1.807, 2.05) is 24.3 Å². The van der Waals surface area contributed by atoms with Gasteiger partial charge in [0.25, 0.3) is 0 Å². The Balaban J connectivity index is 2.12. The number of hydrogen-bond acceptors (Lipinski definition) is 2. The van der Waals surface area contributed by atoms with Gasteiger partial charge in [-0.15, -0.1) is 6.58 Å². The maximum absolute atomic E-state index is 5.55. The first-order valence-corrected chi connectivity index (χ1v) is 4.74. The lowest BCUT2D eigenvalue weighted by Crippen LogP contribution is -2.31. The number of rotatable bonds is 3. The Labute approximate surface area is 84.2 Å². The van der Waals surface area contributed by atoms with Gasteiger partial charge >= 0.3 is 0 Å². The third kappa shape index (κ3) is 1.86. The highest BCUT2D eigenvalue weighted by Crippen LogP contribution is 2.24. The topological polar surface area (TPSA) is 18.5 Å². The summed E-state index contributed by atoms with van der Waals surface area (Å²) in [7, 11) is 0. The molecule has 0 saturated carbocycles.